The van der Waals surface area contributed by atoms with Crippen molar-refractivity contribution >= 4 is 5.91 Å². The number of rotatable bonds is 8. The zero-order valence-electron chi connectivity index (χ0n) is 14.9. The van der Waals surface area contributed by atoms with Crippen molar-refractivity contribution < 1.29 is 9.53 Å². The van der Waals surface area contributed by atoms with Crippen molar-refractivity contribution in [2.75, 3.05) is 27.2 Å². The third kappa shape index (κ3) is 5.38. The number of hydrogen-bond donors (Lipinski definition) is 1. The van der Waals surface area contributed by atoms with E-state index in [1.54, 1.807) is 16.9 Å². The van der Waals surface area contributed by atoms with Gasteiger partial charge in [-0.2, -0.15) is 5.10 Å². The molecule has 0 fully saturated rings. The molecule has 6 nitrogen and oxygen atoms in total. The van der Waals surface area contributed by atoms with E-state index >= 15 is 0 Å². The zero-order valence-corrected chi connectivity index (χ0v) is 14.9. The SMILES string of the molecule is Cc1ccc(C)c(OCn2ccc(C(=O)NCCCN(C)C)n2)c1. The molecule has 2 rings (SSSR count). The molecule has 1 heterocycles. The van der Waals surface area contributed by atoms with Crippen LogP contribution in [-0.2, 0) is 6.73 Å². The first-order chi connectivity index (χ1) is 11.5. The van der Waals surface area contributed by atoms with E-state index in [2.05, 4.69) is 21.4 Å². The first kappa shape index (κ1) is 18.0. The summed E-state index contributed by atoms with van der Waals surface area (Å²) >= 11 is 0. The highest BCUT2D eigenvalue weighted by Gasteiger charge is 2.09. The van der Waals surface area contributed by atoms with E-state index in [0.29, 0.717) is 12.2 Å². The van der Waals surface area contributed by atoms with Gasteiger partial charge in [-0.15, -0.1) is 0 Å². The monoisotopic (exact) mass is 330 g/mol. The normalized spacial score (nSPS) is 10.9. The second kappa shape index (κ2) is 8.49. The summed E-state index contributed by atoms with van der Waals surface area (Å²) in [6.07, 6.45) is 2.66. The number of amides is 1. The number of carbonyl (C=O) groups excluding carboxylic acids is 1. The molecule has 0 spiro atoms. The van der Waals surface area contributed by atoms with Crippen LogP contribution < -0.4 is 10.1 Å². The molecule has 1 aromatic heterocycles. The molecule has 1 aromatic carbocycles. The van der Waals surface area contributed by atoms with Crippen LogP contribution in [0.25, 0.3) is 0 Å². The average Bonchev–Trinajstić information content (AvgIpc) is 3.01. The summed E-state index contributed by atoms with van der Waals surface area (Å²) in [6, 6.07) is 7.78. The lowest BCUT2D eigenvalue weighted by atomic mass is 10.1. The van der Waals surface area contributed by atoms with Gasteiger partial charge in [0.15, 0.2) is 6.73 Å². The fourth-order valence-corrected chi connectivity index (χ4v) is 2.24. The van der Waals surface area contributed by atoms with Gasteiger partial charge < -0.3 is 15.0 Å². The summed E-state index contributed by atoms with van der Waals surface area (Å²) in [5.74, 6) is 0.680. The topological polar surface area (TPSA) is 59.4 Å². The number of aryl methyl sites for hydroxylation is 2. The Morgan fingerprint density at radius 2 is 2.08 bits per heavy atom. The molecule has 2 aromatic rings. The van der Waals surface area contributed by atoms with E-state index in [9.17, 15) is 4.79 Å². The van der Waals surface area contributed by atoms with E-state index in [1.165, 1.54) is 0 Å². The fourth-order valence-electron chi connectivity index (χ4n) is 2.24. The standard InChI is InChI=1S/C18H26N4O2/c1-14-6-7-15(2)17(12-14)24-13-22-11-8-16(20-22)18(23)19-9-5-10-21(3)4/h6-8,11-12H,5,9-10,13H2,1-4H3,(H,19,23). The zero-order chi connectivity index (χ0) is 17.5. The van der Waals surface area contributed by atoms with Gasteiger partial charge >= 0.3 is 0 Å². The minimum Gasteiger partial charge on any atom is -0.471 e. The van der Waals surface area contributed by atoms with Gasteiger partial charge in [0.1, 0.15) is 11.4 Å². The van der Waals surface area contributed by atoms with Gasteiger partial charge in [-0.05, 0) is 64.2 Å². The van der Waals surface area contributed by atoms with Gasteiger partial charge in [0, 0.05) is 12.7 Å². The molecule has 6 heteroatoms. The summed E-state index contributed by atoms with van der Waals surface area (Å²) in [5, 5.41) is 7.14. The highest BCUT2D eigenvalue weighted by Crippen LogP contribution is 2.19. The summed E-state index contributed by atoms with van der Waals surface area (Å²) in [6.45, 7) is 5.89. The molecule has 1 N–H and O–H groups in total. The Bertz CT molecular complexity index is 679. The molecule has 0 radical (unpaired) electrons. The lowest BCUT2D eigenvalue weighted by Crippen LogP contribution is -2.27. The Kier molecular flexibility index (Phi) is 6.37. The number of aromatic nitrogens is 2. The quantitative estimate of drug-likeness (QED) is 0.754. The number of hydrogen-bond acceptors (Lipinski definition) is 4. The molecule has 1 amide bonds. The van der Waals surface area contributed by atoms with Crippen molar-refractivity contribution in [2.45, 2.75) is 27.0 Å². The predicted octanol–water partition coefficient (Wildman–Crippen LogP) is 2.22. The number of ether oxygens (including phenoxy) is 1. The highest BCUT2D eigenvalue weighted by atomic mass is 16.5. The van der Waals surface area contributed by atoms with Gasteiger partial charge in [0.05, 0.1) is 0 Å². The second-order valence-electron chi connectivity index (χ2n) is 6.20. The van der Waals surface area contributed by atoms with Crippen LogP contribution in [-0.4, -0.2) is 47.8 Å². The maximum Gasteiger partial charge on any atom is 0.271 e. The number of benzene rings is 1. The molecule has 0 aliphatic rings. The van der Waals surface area contributed by atoms with Gasteiger partial charge in [0.2, 0.25) is 0 Å². The number of carbonyl (C=O) groups is 1. The first-order valence-electron chi connectivity index (χ1n) is 8.12. The molecule has 0 saturated heterocycles. The smallest absolute Gasteiger partial charge is 0.271 e. The molecule has 24 heavy (non-hydrogen) atoms. The van der Waals surface area contributed by atoms with Crippen molar-refractivity contribution in [1.29, 1.82) is 0 Å². The lowest BCUT2D eigenvalue weighted by Gasteiger charge is -2.10. The third-order valence-corrected chi connectivity index (χ3v) is 3.64. The maximum absolute atomic E-state index is 12.0. The fraction of sp³-hybridized carbons (Fsp3) is 0.444. The Balaban J connectivity index is 1.84. The highest BCUT2D eigenvalue weighted by molar-refractivity contribution is 5.92. The summed E-state index contributed by atoms with van der Waals surface area (Å²) in [7, 11) is 4.03. The molecular formula is C18H26N4O2. The van der Waals surface area contributed by atoms with Crippen molar-refractivity contribution in [3.63, 3.8) is 0 Å². The number of nitrogens with one attached hydrogen (secondary N) is 1. The van der Waals surface area contributed by atoms with Gasteiger partial charge in [0.25, 0.3) is 5.91 Å². The van der Waals surface area contributed by atoms with Crippen molar-refractivity contribution in [2.24, 2.45) is 0 Å². The second-order valence-corrected chi connectivity index (χ2v) is 6.20. The van der Waals surface area contributed by atoms with Crippen molar-refractivity contribution in [1.82, 2.24) is 20.0 Å². The molecule has 130 valence electrons. The van der Waals surface area contributed by atoms with Gasteiger partial charge in [-0.3, -0.25) is 4.79 Å². The van der Waals surface area contributed by atoms with E-state index in [1.807, 2.05) is 40.1 Å². The number of nitrogens with zero attached hydrogens (tertiary/aromatic N) is 3. The Morgan fingerprint density at radius 3 is 2.83 bits per heavy atom. The van der Waals surface area contributed by atoms with Crippen LogP contribution in [0.1, 0.15) is 28.0 Å². The minimum absolute atomic E-state index is 0.153. The Morgan fingerprint density at radius 1 is 1.29 bits per heavy atom. The van der Waals surface area contributed by atoms with Crippen LogP contribution in [0.4, 0.5) is 0 Å². The summed E-state index contributed by atoms with van der Waals surface area (Å²) < 4.78 is 7.41. The molecule has 0 saturated carbocycles. The molecular weight excluding hydrogens is 304 g/mol. The average molecular weight is 330 g/mol. The molecule has 0 aliphatic carbocycles. The Labute approximate surface area is 143 Å². The largest absolute Gasteiger partial charge is 0.471 e. The maximum atomic E-state index is 12.0. The molecule has 0 atom stereocenters. The summed E-state index contributed by atoms with van der Waals surface area (Å²) in [5.41, 5.74) is 2.63. The van der Waals surface area contributed by atoms with Crippen LogP contribution in [0.2, 0.25) is 0 Å². The van der Waals surface area contributed by atoms with Gasteiger partial charge in [-0.25, -0.2) is 4.68 Å². The third-order valence-electron chi connectivity index (χ3n) is 3.64. The summed E-state index contributed by atoms with van der Waals surface area (Å²) in [4.78, 5) is 14.1. The van der Waals surface area contributed by atoms with Crippen molar-refractivity contribution in [3.05, 3.63) is 47.3 Å². The van der Waals surface area contributed by atoms with E-state index in [0.717, 1.165) is 29.8 Å². The molecule has 0 aliphatic heterocycles. The van der Waals surface area contributed by atoms with Crippen molar-refractivity contribution in [3.8, 4) is 5.75 Å². The van der Waals surface area contributed by atoms with Crippen LogP contribution >= 0.6 is 0 Å². The predicted molar refractivity (Wildman–Crippen MR) is 94.3 cm³/mol. The molecule has 0 bridgehead atoms. The van der Waals surface area contributed by atoms with Crippen LogP contribution in [0, 0.1) is 13.8 Å². The van der Waals surface area contributed by atoms with Gasteiger partial charge in [-0.1, -0.05) is 12.1 Å². The lowest BCUT2D eigenvalue weighted by molar-refractivity contribution is 0.0945. The van der Waals surface area contributed by atoms with E-state index in [-0.39, 0.29) is 12.6 Å². The van der Waals surface area contributed by atoms with E-state index in [4.69, 9.17) is 4.74 Å². The Hall–Kier alpha value is -2.34. The first-order valence-corrected chi connectivity index (χ1v) is 8.12. The van der Waals surface area contributed by atoms with E-state index < -0.39 is 0 Å². The molecule has 0 unspecified atom stereocenters. The minimum atomic E-state index is -0.153. The van der Waals surface area contributed by atoms with Crippen LogP contribution in [0.5, 0.6) is 5.75 Å². The van der Waals surface area contributed by atoms with Crippen LogP contribution in [0.15, 0.2) is 30.5 Å². The van der Waals surface area contributed by atoms with Crippen LogP contribution in [0.3, 0.4) is 0 Å².